The van der Waals surface area contributed by atoms with E-state index in [0.29, 0.717) is 60.3 Å². The number of nitriles is 1. The maximum absolute atomic E-state index is 14.9. The molecule has 3 aromatic carbocycles. The lowest BCUT2D eigenvalue weighted by Crippen LogP contribution is -2.59. The van der Waals surface area contributed by atoms with Gasteiger partial charge in [-0.1, -0.05) is 43.3 Å². The number of esters is 2. The van der Waals surface area contributed by atoms with Gasteiger partial charge in [0.1, 0.15) is 49.2 Å². The molecule has 21 heteroatoms. The third kappa shape index (κ3) is 18.2. The van der Waals surface area contributed by atoms with Crippen LogP contribution in [0.2, 0.25) is 0 Å². The topological polar surface area (TPSA) is 258 Å². The highest BCUT2D eigenvalue weighted by molar-refractivity contribution is 6.38. The number of piperidine rings is 1. The molecular weight excluding hydrogens is 1090 g/mol. The summed E-state index contributed by atoms with van der Waals surface area (Å²) < 4.78 is 34.9. The highest BCUT2D eigenvalue weighted by Crippen LogP contribution is 2.33. The number of ketones is 2. The van der Waals surface area contributed by atoms with Crippen LogP contribution in [0.15, 0.2) is 78.9 Å². The lowest BCUT2D eigenvalue weighted by atomic mass is 9.87. The lowest BCUT2D eigenvalue weighted by molar-refractivity contribution is -0.165. The van der Waals surface area contributed by atoms with Crippen LogP contribution in [-0.2, 0) is 70.2 Å². The highest BCUT2D eigenvalue weighted by Gasteiger charge is 2.44. The second-order valence-corrected chi connectivity index (χ2v) is 23.6. The Morgan fingerprint density at radius 2 is 1.47 bits per heavy atom. The number of rotatable bonds is 9. The van der Waals surface area contributed by atoms with E-state index in [2.05, 4.69) is 11.4 Å². The first-order valence-corrected chi connectivity index (χ1v) is 28.9. The summed E-state index contributed by atoms with van der Waals surface area (Å²) in [5.41, 5.74) is 0.0582. The van der Waals surface area contributed by atoms with Gasteiger partial charge in [-0.2, -0.15) is 5.26 Å². The van der Waals surface area contributed by atoms with Gasteiger partial charge in [-0.3, -0.25) is 33.6 Å². The molecule has 2 fully saturated rings. The van der Waals surface area contributed by atoms with Gasteiger partial charge in [0, 0.05) is 58.6 Å². The van der Waals surface area contributed by atoms with Gasteiger partial charge in [0.15, 0.2) is 17.3 Å². The summed E-state index contributed by atoms with van der Waals surface area (Å²) in [6.45, 7) is 9.19. The molecule has 0 saturated carbocycles. The molecular formula is C64H82N6O15. The van der Waals surface area contributed by atoms with Crippen LogP contribution >= 0.6 is 0 Å². The zero-order chi connectivity index (χ0) is 62.2. The third-order valence-corrected chi connectivity index (χ3v) is 15.4. The van der Waals surface area contributed by atoms with Gasteiger partial charge in [-0.05, 0) is 139 Å². The number of cyclic esters (lactones) is 2. The monoisotopic (exact) mass is 1170 g/mol. The molecule has 3 heterocycles. The molecule has 0 radical (unpaired) electrons. The molecule has 6 atom stereocenters. The number of hydrogen-bond donors (Lipinski definition) is 1. The fraction of sp³-hybridized carbons (Fsp3) is 0.531. The fourth-order valence-corrected chi connectivity index (χ4v) is 10.3. The van der Waals surface area contributed by atoms with E-state index >= 15 is 0 Å². The van der Waals surface area contributed by atoms with Crippen LogP contribution in [-0.4, -0.2) is 170 Å². The van der Waals surface area contributed by atoms with Crippen molar-refractivity contribution in [1.29, 1.82) is 5.26 Å². The number of hydrogen-bond acceptors (Lipinski definition) is 16. The molecule has 3 aliphatic heterocycles. The zero-order valence-corrected chi connectivity index (χ0v) is 50.6. The predicted molar refractivity (Wildman–Crippen MR) is 312 cm³/mol. The minimum atomic E-state index is -1.50. The Morgan fingerprint density at radius 3 is 2.16 bits per heavy atom. The van der Waals surface area contributed by atoms with E-state index in [9.17, 15) is 48.4 Å². The Hall–Kier alpha value is -8.12. The van der Waals surface area contributed by atoms with Crippen molar-refractivity contribution in [3.8, 4) is 23.3 Å². The van der Waals surface area contributed by atoms with E-state index < -0.39 is 108 Å². The number of methoxy groups -OCH3 is 2. The summed E-state index contributed by atoms with van der Waals surface area (Å²) in [5.74, 6) is -5.65. The van der Waals surface area contributed by atoms with Crippen molar-refractivity contribution in [1.82, 2.24) is 24.9 Å². The lowest BCUT2D eigenvalue weighted by Gasteiger charge is -2.36. The van der Waals surface area contributed by atoms with Crippen molar-refractivity contribution in [2.45, 2.75) is 142 Å². The van der Waals surface area contributed by atoms with Gasteiger partial charge in [-0.25, -0.2) is 9.59 Å². The van der Waals surface area contributed by atoms with E-state index in [0.717, 1.165) is 5.56 Å². The molecule has 0 unspecified atom stereocenters. The molecule has 3 aliphatic rings. The van der Waals surface area contributed by atoms with Gasteiger partial charge >= 0.3 is 11.9 Å². The van der Waals surface area contributed by atoms with Crippen LogP contribution in [0.5, 0.6) is 17.2 Å². The molecule has 5 amide bonds. The third-order valence-electron chi connectivity index (χ3n) is 15.4. The number of ether oxygens (including phenoxy) is 6. The standard InChI is InChI=1S/C64H82N6O15/c1-41-33-46(71)38-82-47-18-15-17-45(36-47)52(28-26-43-27-29-53(80-9)54(35-43)81-10)85-62(79)50-19-11-14-31-70(50)61(78)56(73)64(5,6)40-83-55(72)21-12-13-30-67(7)59(76)49-20-16-32-69(49)60(77)51(39-84-63(2,3)4)68(8)58(75)48(66-57(41)74)34-42-22-24-44(37-65)25-23-42/h12,15,17-18,21-25,27,29,35-36,41,48-52H,11,13-14,16,19-20,26,28,30-34,38-40H2,1-10H3,(H,66,74)/t41-,48+,49+,50+,51+,52-/m1/s1. The molecule has 21 nitrogen and oxygen atoms in total. The van der Waals surface area contributed by atoms with Gasteiger partial charge in [0.2, 0.25) is 29.4 Å². The van der Waals surface area contributed by atoms with Crippen LogP contribution in [0.1, 0.15) is 121 Å². The van der Waals surface area contributed by atoms with Crippen molar-refractivity contribution in [3.63, 3.8) is 0 Å². The number of carbonyl (C=O) groups excluding carboxylic acids is 9. The van der Waals surface area contributed by atoms with Crippen molar-refractivity contribution >= 4 is 53.0 Å². The number of nitrogens with zero attached hydrogens (tertiary/aromatic N) is 5. The second kappa shape index (κ2) is 30.1. The average molecular weight is 1180 g/mol. The summed E-state index contributed by atoms with van der Waals surface area (Å²) in [6.07, 6.45) is 4.39. The number of carbonyl (C=O) groups is 9. The molecule has 6 rings (SSSR count). The highest BCUT2D eigenvalue weighted by atomic mass is 16.5. The van der Waals surface area contributed by atoms with E-state index in [4.69, 9.17) is 28.4 Å². The summed E-state index contributed by atoms with van der Waals surface area (Å²) in [7, 11) is 6.06. The molecule has 0 aliphatic carbocycles. The maximum Gasteiger partial charge on any atom is 0.330 e. The summed E-state index contributed by atoms with van der Waals surface area (Å²) in [6, 6.07) is 16.1. The van der Waals surface area contributed by atoms with E-state index in [1.54, 1.807) is 89.3 Å². The first-order chi connectivity index (χ1) is 40.3. The Bertz CT molecular complexity index is 2980. The number of fused-ring (bicyclic) bond motifs is 4. The first kappa shape index (κ1) is 66.0. The number of aryl methyl sites for hydroxylation is 1. The molecule has 85 heavy (non-hydrogen) atoms. The van der Waals surface area contributed by atoms with Crippen molar-refractivity contribution in [3.05, 3.63) is 101 Å². The van der Waals surface area contributed by atoms with E-state index in [-0.39, 0.29) is 70.0 Å². The number of nitrogens with one attached hydrogen (secondary N) is 1. The second-order valence-electron chi connectivity index (χ2n) is 23.6. The van der Waals surface area contributed by atoms with Gasteiger partial charge in [-0.15, -0.1) is 0 Å². The Kier molecular flexibility index (Phi) is 23.4. The molecule has 2 bridgehead atoms. The van der Waals surface area contributed by atoms with Crippen LogP contribution in [0, 0.1) is 22.7 Å². The molecule has 0 aromatic heterocycles. The Balaban J connectivity index is 1.32. The maximum atomic E-state index is 14.9. The largest absolute Gasteiger partial charge is 0.493 e. The molecule has 1 N–H and O–H groups in total. The van der Waals surface area contributed by atoms with Crippen molar-refractivity contribution < 1.29 is 71.6 Å². The number of amides is 5. The van der Waals surface area contributed by atoms with Gasteiger partial charge < -0.3 is 53.3 Å². The molecule has 458 valence electrons. The Labute approximate surface area is 498 Å². The number of Topliss-reactive ketones (excluding diaryl/α,β-unsaturated/α-hetero) is 2. The molecule has 2 saturated heterocycles. The minimum absolute atomic E-state index is 0.0527. The quantitative estimate of drug-likeness (QED) is 0.188. The summed E-state index contributed by atoms with van der Waals surface area (Å²) in [4.78, 5) is 133. The number of likely N-dealkylation sites (N-methyl/N-ethyl adjacent to an activating group) is 2. The number of benzene rings is 3. The molecule has 3 aromatic rings. The Morgan fingerprint density at radius 1 is 0.776 bits per heavy atom. The normalized spacial score (nSPS) is 23.4. The average Bonchev–Trinajstić information content (AvgIpc) is 3.90. The fourth-order valence-electron chi connectivity index (χ4n) is 10.3. The summed E-state index contributed by atoms with van der Waals surface area (Å²) >= 11 is 0. The van der Waals surface area contributed by atoms with Crippen LogP contribution in [0.3, 0.4) is 0 Å². The minimum Gasteiger partial charge on any atom is -0.493 e. The SMILES string of the molecule is COc1ccc(CC[C@H]2OC(=O)[C@@H]3CCCCN3C(=O)C(=O)C(C)(C)COC(=O)C=CCCN(C)C(=O)[C@@H]3CCCN3C(=O)[C@H](COC(C)(C)C)N(C)C(=O)[C@H](Cc3ccc(C#N)cc3)NC(=O)[C@H](C)CC(=O)COc3cccc2c3)cc1OC. The predicted octanol–water partition coefficient (Wildman–Crippen LogP) is 6.07. The van der Waals surface area contributed by atoms with Gasteiger partial charge in [0.25, 0.3) is 5.91 Å². The van der Waals surface area contributed by atoms with Crippen LogP contribution in [0.25, 0.3) is 0 Å². The smallest absolute Gasteiger partial charge is 0.330 e. The van der Waals surface area contributed by atoms with E-state index in [1.165, 1.54) is 66.9 Å². The summed E-state index contributed by atoms with van der Waals surface area (Å²) in [5, 5.41) is 12.3. The van der Waals surface area contributed by atoms with Gasteiger partial charge in [0.05, 0.1) is 43.5 Å². The van der Waals surface area contributed by atoms with Crippen molar-refractivity contribution in [2.24, 2.45) is 11.3 Å². The molecule has 0 spiro atoms. The van der Waals surface area contributed by atoms with Crippen LogP contribution in [0.4, 0.5) is 0 Å². The van der Waals surface area contributed by atoms with Crippen LogP contribution < -0.4 is 19.5 Å². The first-order valence-electron chi connectivity index (χ1n) is 28.9. The van der Waals surface area contributed by atoms with Crippen molar-refractivity contribution in [2.75, 3.05) is 67.8 Å². The zero-order valence-electron chi connectivity index (χ0n) is 50.6. The van der Waals surface area contributed by atoms with E-state index in [1.807, 2.05) is 12.1 Å².